The Balaban J connectivity index is 1.54. The van der Waals surface area contributed by atoms with Gasteiger partial charge in [-0.15, -0.1) is 5.10 Å². The summed E-state index contributed by atoms with van der Waals surface area (Å²) in [6, 6.07) is 8.31. The van der Waals surface area contributed by atoms with Crippen LogP contribution in [0.1, 0.15) is 40.5 Å². The fourth-order valence-electron chi connectivity index (χ4n) is 4.58. The Bertz CT molecular complexity index is 1350. The van der Waals surface area contributed by atoms with Gasteiger partial charge < -0.3 is 25.2 Å². The van der Waals surface area contributed by atoms with Gasteiger partial charge in [0.25, 0.3) is 5.91 Å². The molecule has 2 atom stereocenters. The third-order valence-corrected chi connectivity index (χ3v) is 6.93. The number of hydrogen-bond acceptors (Lipinski definition) is 8. The summed E-state index contributed by atoms with van der Waals surface area (Å²) in [4.78, 5) is 28.1. The third kappa shape index (κ3) is 8.24. The molecule has 2 amide bonds. The van der Waals surface area contributed by atoms with Crippen molar-refractivity contribution in [3.8, 4) is 11.5 Å². The number of methoxy groups -OCH3 is 1. The quantitative estimate of drug-likeness (QED) is 0.435. The molecule has 11 nitrogen and oxygen atoms in total. The van der Waals surface area contributed by atoms with Gasteiger partial charge in [-0.1, -0.05) is 17.3 Å². The van der Waals surface area contributed by atoms with E-state index in [0.29, 0.717) is 62.7 Å². The van der Waals surface area contributed by atoms with E-state index in [2.05, 4.69) is 25.8 Å². The summed E-state index contributed by atoms with van der Waals surface area (Å²) < 4.78 is 26.9. The zero-order chi connectivity index (χ0) is 29.4. The van der Waals surface area contributed by atoms with E-state index < -0.39 is 24.0 Å². The number of carbonyl (C=O) groups is 2. The normalized spacial score (nSPS) is 18.5. The first-order valence-electron chi connectivity index (χ1n) is 13.7. The van der Waals surface area contributed by atoms with E-state index in [4.69, 9.17) is 9.47 Å². The molecule has 0 radical (unpaired) electrons. The van der Waals surface area contributed by atoms with Crippen molar-refractivity contribution in [3.05, 3.63) is 70.8 Å². The number of hydrogen-bond donors (Lipinski definition) is 3. The van der Waals surface area contributed by atoms with Crippen LogP contribution in [0.15, 0.2) is 42.6 Å². The van der Waals surface area contributed by atoms with E-state index in [9.17, 15) is 19.1 Å². The van der Waals surface area contributed by atoms with Crippen molar-refractivity contribution in [2.75, 3.05) is 33.4 Å². The molecule has 3 aromatic rings. The highest BCUT2D eigenvalue weighted by molar-refractivity contribution is 5.98. The summed E-state index contributed by atoms with van der Waals surface area (Å²) in [6.45, 7) is 6.08. The predicted molar refractivity (Wildman–Crippen MR) is 149 cm³/mol. The van der Waals surface area contributed by atoms with E-state index in [1.54, 1.807) is 28.9 Å². The largest absolute Gasteiger partial charge is 0.496 e. The summed E-state index contributed by atoms with van der Waals surface area (Å²) in [5.74, 6) is -0.384. The predicted octanol–water partition coefficient (Wildman–Crippen LogP) is 1.86. The number of ether oxygens (including phenoxy) is 2. The number of rotatable bonds is 4. The minimum Gasteiger partial charge on any atom is -0.496 e. The Morgan fingerprint density at radius 2 is 2.02 bits per heavy atom. The van der Waals surface area contributed by atoms with E-state index >= 15 is 0 Å². The van der Waals surface area contributed by atoms with Crippen molar-refractivity contribution in [1.29, 1.82) is 0 Å². The van der Waals surface area contributed by atoms with Crippen LogP contribution in [0.4, 0.5) is 4.39 Å². The number of halogens is 1. The number of fused-ring (bicyclic) bond motifs is 4. The van der Waals surface area contributed by atoms with Crippen molar-refractivity contribution < 1.29 is 28.6 Å². The second kappa shape index (κ2) is 14.0. The van der Waals surface area contributed by atoms with Crippen LogP contribution >= 0.6 is 0 Å². The number of aliphatic hydroxyl groups is 1. The zero-order valence-electron chi connectivity index (χ0n) is 23.6. The first kappa shape index (κ1) is 29.9. The number of carbonyl (C=O) groups excluding carboxylic acids is 2. The van der Waals surface area contributed by atoms with Crippen LogP contribution in [0.3, 0.4) is 0 Å². The lowest BCUT2D eigenvalue weighted by atomic mass is 10.1. The molecule has 3 N–H and O–H groups in total. The summed E-state index contributed by atoms with van der Waals surface area (Å²) in [6.07, 6.45) is 2.06. The van der Waals surface area contributed by atoms with Gasteiger partial charge in [0.1, 0.15) is 23.4 Å². The van der Waals surface area contributed by atoms with Crippen molar-refractivity contribution in [1.82, 2.24) is 30.5 Å². The van der Waals surface area contributed by atoms with Gasteiger partial charge >= 0.3 is 0 Å². The molecule has 4 bridgehead atoms. The Hall–Kier alpha value is -4.03. The fraction of sp³-hybridized carbons (Fsp3) is 0.448. The molecule has 2 heterocycles. The Labute approximate surface area is 238 Å². The maximum Gasteiger partial charge on any atom is 0.252 e. The summed E-state index contributed by atoms with van der Waals surface area (Å²) >= 11 is 0. The fourth-order valence-corrected chi connectivity index (χ4v) is 4.58. The van der Waals surface area contributed by atoms with Crippen LogP contribution in [0, 0.1) is 12.7 Å². The molecule has 220 valence electrons. The molecule has 1 aliphatic heterocycles. The monoisotopic (exact) mass is 568 g/mol. The highest BCUT2D eigenvalue weighted by Crippen LogP contribution is 2.22. The number of aliphatic hydroxyl groups excluding tert-OH is 1. The maximum absolute atomic E-state index is 13.8. The minimum atomic E-state index is -1.15. The first-order valence-corrected chi connectivity index (χ1v) is 13.7. The SMILES string of the molecule is COc1cc(F)ccc1CN1CCNC(=O)[C@H]([C@@H](C)O)NC(=O)c2ccc(C)c(c2)OCCCn2cc(nn2)CC1. The smallest absolute Gasteiger partial charge is 0.252 e. The number of aromatic nitrogens is 3. The van der Waals surface area contributed by atoms with E-state index in [0.717, 1.165) is 16.8 Å². The Kier molecular flexibility index (Phi) is 10.3. The standard InChI is InChI=1S/C29H37FN6O5/c1-19-5-6-21-15-25(19)41-14-4-11-36-18-24(33-34-36)9-12-35(17-22-7-8-23(30)16-26(22)40-3)13-10-31-29(39)27(20(2)37)32-28(21)38/h5-8,15-16,18,20,27,37H,4,9-14,17H2,1-3H3,(H,31,39)(H,32,38)/t20-,27+/m1/s1. The zero-order valence-corrected chi connectivity index (χ0v) is 23.6. The van der Waals surface area contributed by atoms with E-state index in [1.165, 1.54) is 26.2 Å². The van der Waals surface area contributed by atoms with Gasteiger partial charge in [-0.3, -0.25) is 19.2 Å². The average molecular weight is 569 g/mol. The van der Waals surface area contributed by atoms with Crippen molar-refractivity contribution in [2.24, 2.45) is 0 Å². The second-order valence-corrected chi connectivity index (χ2v) is 10.1. The molecular weight excluding hydrogens is 531 g/mol. The molecule has 4 rings (SSSR count). The number of amides is 2. The first-order chi connectivity index (χ1) is 19.7. The highest BCUT2D eigenvalue weighted by Gasteiger charge is 2.26. The van der Waals surface area contributed by atoms with Crippen molar-refractivity contribution in [2.45, 2.75) is 51.9 Å². The molecule has 0 saturated carbocycles. The van der Waals surface area contributed by atoms with Crippen molar-refractivity contribution >= 4 is 11.8 Å². The van der Waals surface area contributed by atoms with Gasteiger partial charge in [0.2, 0.25) is 5.91 Å². The molecule has 1 aliphatic rings. The minimum absolute atomic E-state index is 0.247. The Morgan fingerprint density at radius 3 is 2.80 bits per heavy atom. The lowest BCUT2D eigenvalue weighted by Gasteiger charge is -2.25. The lowest BCUT2D eigenvalue weighted by Crippen LogP contribution is -2.53. The maximum atomic E-state index is 13.8. The van der Waals surface area contributed by atoms with Gasteiger partial charge in [0.05, 0.1) is 25.5 Å². The van der Waals surface area contributed by atoms with Gasteiger partial charge in [0.15, 0.2) is 0 Å². The average Bonchev–Trinajstić information content (AvgIpc) is 3.41. The van der Waals surface area contributed by atoms with Gasteiger partial charge in [0, 0.05) is 69.0 Å². The van der Waals surface area contributed by atoms with Crippen LogP contribution in [-0.4, -0.2) is 82.3 Å². The second-order valence-electron chi connectivity index (χ2n) is 10.1. The van der Waals surface area contributed by atoms with Crippen molar-refractivity contribution in [3.63, 3.8) is 0 Å². The molecule has 0 spiro atoms. The van der Waals surface area contributed by atoms with Crippen LogP contribution in [0.25, 0.3) is 0 Å². The topological polar surface area (TPSA) is 131 Å². The number of nitrogens with one attached hydrogen (secondary N) is 2. The van der Waals surface area contributed by atoms with Gasteiger partial charge in [-0.05, 0) is 37.6 Å². The molecule has 12 heteroatoms. The summed E-state index contributed by atoms with van der Waals surface area (Å²) in [5.41, 5.74) is 2.81. The lowest BCUT2D eigenvalue weighted by molar-refractivity contribution is -0.125. The summed E-state index contributed by atoms with van der Waals surface area (Å²) in [5, 5.41) is 24.3. The van der Waals surface area contributed by atoms with Crippen LogP contribution in [-0.2, 0) is 24.3 Å². The molecule has 2 aromatic carbocycles. The van der Waals surface area contributed by atoms with Crippen LogP contribution < -0.4 is 20.1 Å². The molecule has 0 aliphatic carbocycles. The van der Waals surface area contributed by atoms with E-state index in [-0.39, 0.29) is 12.4 Å². The van der Waals surface area contributed by atoms with Gasteiger partial charge in [-0.2, -0.15) is 0 Å². The molecular formula is C29H37FN6O5. The van der Waals surface area contributed by atoms with Crippen LogP contribution in [0.2, 0.25) is 0 Å². The number of nitrogens with zero attached hydrogens (tertiary/aromatic N) is 4. The molecule has 0 unspecified atom stereocenters. The Morgan fingerprint density at radius 1 is 1.20 bits per heavy atom. The van der Waals surface area contributed by atoms with E-state index in [1.807, 2.05) is 13.1 Å². The van der Waals surface area contributed by atoms with Crippen LogP contribution in [0.5, 0.6) is 11.5 Å². The molecule has 1 aromatic heterocycles. The molecule has 0 fully saturated rings. The number of aryl methyl sites for hydroxylation is 2. The molecule has 0 saturated heterocycles. The highest BCUT2D eigenvalue weighted by atomic mass is 19.1. The summed E-state index contributed by atoms with van der Waals surface area (Å²) in [7, 11) is 1.49. The number of benzene rings is 2. The molecule has 41 heavy (non-hydrogen) atoms. The van der Waals surface area contributed by atoms with Gasteiger partial charge in [-0.25, -0.2) is 4.39 Å². The third-order valence-electron chi connectivity index (χ3n) is 6.93.